The molecule has 4 aromatic rings. The van der Waals surface area contributed by atoms with Gasteiger partial charge in [-0.15, -0.1) is 0 Å². The van der Waals surface area contributed by atoms with E-state index < -0.39 is 11.2 Å². The Labute approximate surface area is 195 Å². The van der Waals surface area contributed by atoms with Crippen molar-refractivity contribution >= 4 is 17.4 Å². The second-order valence-electron chi connectivity index (χ2n) is 7.69. The molecule has 9 nitrogen and oxygen atoms in total. The van der Waals surface area contributed by atoms with Gasteiger partial charge in [0.1, 0.15) is 5.82 Å². The molecule has 174 valence electrons. The van der Waals surface area contributed by atoms with Crippen LogP contribution in [0.1, 0.15) is 24.8 Å². The molecular formula is C25H25N5O4. The van der Waals surface area contributed by atoms with Gasteiger partial charge in [-0.1, -0.05) is 60.7 Å². The highest BCUT2D eigenvalue weighted by molar-refractivity contribution is 5.95. The molecule has 2 heterocycles. The predicted octanol–water partition coefficient (Wildman–Crippen LogP) is 2.81. The van der Waals surface area contributed by atoms with E-state index in [2.05, 4.69) is 9.97 Å². The van der Waals surface area contributed by atoms with Gasteiger partial charge in [-0.3, -0.25) is 19.1 Å². The summed E-state index contributed by atoms with van der Waals surface area (Å²) in [7, 11) is 0. The second kappa shape index (κ2) is 10.0. The zero-order valence-electron chi connectivity index (χ0n) is 18.7. The number of nitrogens with zero attached hydrogens (tertiary/aromatic N) is 3. The van der Waals surface area contributed by atoms with E-state index in [0.29, 0.717) is 11.7 Å². The second-order valence-corrected chi connectivity index (χ2v) is 7.69. The maximum atomic E-state index is 13.0. The van der Waals surface area contributed by atoms with Crippen LogP contribution < -0.4 is 21.9 Å². The summed E-state index contributed by atoms with van der Waals surface area (Å²) in [5.74, 6) is 0.641. The van der Waals surface area contributed by atoms with Crippen LogP contribution >= 0.6 is 0 Å². The minimum Gasteiger partial charge on any atom is -0.441 e. The van der Waals surface area contributed by atoms with Gasteiger partial charge in [-0.2, -0.15) is 0 Å². The summed E-state index contributed by atoms with van der Waals surface area (Å²) >= 11 is 0. The Bertz CT molecular complexity index is 1390. The Balaban J connectivity index is 1.54. The fourth-order valence-corrected chi connectivity index (χ4v) is 3.73. The Hall–Kier alpha value is -4.40. The number of aromatic nitrogens is 3. The maximum absolute atomic E-state index is 13.0. The molecule has 1 amide bonds. The van der Waals surface area contributed by atoms with Crippen molar-refractivity contribution in [3.8, 4) is 11.3 Å². The minimum atomic E-state index is -0.704. The smallest absolute Gasteiger partial charge is 0.330 e. The molecule has 9 heteroatoms. The predicted molar refractivity (Wildman–Crippen MR) is 130 cm³/mol. The van der Waals surface area contributed by atoms with Gasteiger partial charge in [-0.25, -0.2) is 9.78 Å². The minimum absolute atomic E-state index is 0.0413. The number of oxazole rings is 1. The molecule has 3 N–H and O–H groups in total. The van der Waals surface area contributed by atoms with Crippen LogP contribution in [0.4, 0.5) is 11.5 Å². The highest BCUT2D eigenvalue weighted by atomic mass is 16.4. The van der Waals surface area contributed by atoms with Crippen molar-refractivity contribution in [2.45, 2.75) is 26.3 Å². The van der Waals surface area contributed by atoms with E-state index >= 15 is 0 Å². The molecule has 0 aliphatic carbocycles. The molecule has 2 aromatic heterocycles. The fourth-order valence-electron chi connectivity index (χ4n) is 3.73. The molecule has 0 saturated heterocycles. The van der Waals surface area contributed by atoms with Crippen LogP contribution in [0.2, 0.25) is 0 Å². The number of amides is 1. The van der Waals surface area contributed by atoms with Crippen LogP contribution in [0, 0.1) is 0 Å². The van der Waals surface area contributed by atoms with Crippen LogP contribution in [0.5, 0.6) is 0 Å². The number of nitrogens with two attached hydrogens (primary N) is 1. The molecule has 34 heavy (non-hydrogen) atoms. The maximum Gasteiger partial charge on any atom is 0.330 e. The van der Waals surface area contributed by atoms with Gasteiger partial charge in [0.25, 0.3) is 5.56 Å². The average molecular weight is 460 g/mol. The zero-order valence-corrected chi connectivity index (χ0v) is 18.7. The largest absolute Gasteiger partial charge is 0.441 e. The van der Waals surface area contributed by atoms with Gasteiger partial charge in [0, 0.05) is 24.9 Å². The first-order chi connectivity index (χ1) is 16.5. The number of rotatable bonds is 8. The summed E-state index contributed by atoms with van der Waals surface area (Å²) < 4.78 is 7.02. The molecule has 0 aliphatic heterocycles. The summed E-state index contributed by atoms with van der Waals surface area (Å²) in [6.07, 6.45) is 1.93. The zero-order chi connectivity index (χ0) is 24.1. The molecule has 0 fully saturated rings. The van der Waals surface area contributed by atoms with Crippen LogP contribution in [0.3, 0.4) is 0 Å². The van der Waals surface area contributed by atoms with Crippen molar-refractivity contribution in [3.63, 3.8) is 0 Å². The lowest BCUT2D eigenvalue weighted by molar-refractivity contribution is -0.118. The first-order valence-corrected chi connectivity index (χ1v) is 10.9. The summed E-state index contributed by atoms with van der Waals surface area (Å²) in [4.78, 5) is 45.9. The lowest BCUT2D eigenvalue weighted by atomic mass is 10.2. The highest BCUT2D eigenvalue weighted by Gasteiger charge is 2.23. The van der Waals surface area contributed by atoms with E-state index in [4.69, 9.17) is 10.2 Å². The third-order valence-corrected chi connectivity index (χ3v) is 5.45. The number of anilines is 2. The number of H-pyrrole nitrogens is 1. The highest BCUT2D eigenvalue weighted by Crippen LogP contribution is 2.22. The van der Waals surface area contributed by atoms with E-state index in [0.717, 1.165) is 11.1 Å². The molecular weight excluding hydrogens is 434 g/mol. The third kappa shape index (κ3) is 4.83. The Morgan fingerprint density at radius 1 is 1.09 bits per heavy atom. The van der Waals surface area contributed by atoms with Crippen molar-refractivity contribution in [2.75, 3.05) is 17.2 Å². The van der Waals surface area contributed by atoms with Crippen molar-refractivity contribution < 1.29 is 9.21 Å². The van der Waals surface area contributed by atoms with E-state index in [9.17, 15) is 14.4 Å². The van der Waals surface area contributed by atoms with Gasteiger partial charge in [0.05, 0.1) is 12.7 Å². The molecule has 0 radical (unpaired) electrons. The Morgan fingerprint density at radius 2 is 1.76 bits per heavy atom. The number of benzene rings is 2. The van der Waals surface area contributed by atoms with E-state index in [1.165, 1.54) is 9.47 Å². The van der Waals surface area contributed by atoms with E-state index in [1.807, 2.05) is 60.7 Å². The van der Waals surface area contributed by atoms with Crippen molar-refractivity contribution in [1.82, 2.24) is 14.5 Å². The molecule has 0 bridgehead atoms. The van der Waals surface area contributed by atoms with Crippen molar-refractivity contribution in [3.05, 3.63) is 99.2 Å². The molecule has 0 saturated carbocycles. The van der Waals surface area contributed by atoms with Crippen LogP contribution in [-0.2, 0) is 17.8 Å². The Kier molecular flexibility index (Phi) is 6.72. The first-order valence-electron chi connectivity index (χ1n) is 10.9. The normalized spacial score (nSPS) is 10.9. The van der Waals surface area contributed by atoms with E-state index in [1.54, 1.807) is 13.1 Å². The number of nitrogens with one attached hydrogen (secondary N) is 1. The van der Waals surface area contributed by atoms with Crippen molar-refractivity contribution in [1.29, 1.82) is 0 Å². The first kappa shape index (κ1) is 22.8. The molecule has 0 spiro atoms. The van der Waals surface area contributed by atoms with Gasteiger partial charge < -0.3 is 15.1 Å². The van der Waals surface area contributed by atoms with Gasteiger partial charge >= 0.3 is 5.69 Å². The summed E-state index contributed by atoms with van der Waals surface area (Å²) in [5.41, 5.74) is 6.59. The van der Waals surface area contributed by atoms with Crippen LogP contribution in [0.15, 0.2) is 80.9 Å². The average Bonchev–Trinajstić information content (AvgIpc) is 3.33. The van der Waals surface area contributed by atoms with Crippen molar-refractivity contribution in [2.24, 2.45) is 0 Å². The number of hydrogen-bond acceptors (Lipinski definition) is 6. The number of aryl methyl sites for hydroxylation is 1. The molecule has 4 rings (SSSR count). The summed E-state index contributed by atoms with van der Waals surface area (Å²) in [6.45, 7) is 2.11. The molecule has 2 aromatic carbocycles. The fraction of sp³-hybridized carbons (Fsp3) is 0.200. The number of nitrogen functional groups attached to an aromatic ring is 1. The van der Waals surface area contributed by atoms with Gasteiger partial charge in [-0.05, 0) is 12.5 Å². The lowest BCUT2D eigenvalue weighted by Gasteiger charge is -2.23. The topological polar surface area (TPSA) is 127 Å². The SMILES string of the molecule is CCN(C(=O)CCc1ncc(-c2ccccc2)o1)c1c(N)n(Cc2ccccc2)c(=O)[nH]c1=O. The number of aromatic amines is 1. The molecule has 0 unspecified atom stereocenters. The number of carbonyl (C=O) groups excluding carboxylic acids is 1. The summed E-state index contributed by atoms with van der Waals surface area (Å²) in [5, 5.41) is 0. The third-order valence-electron chi connectivity index (χ3n) is 5.45. The molecule has 0 aliphatic rings. The van der Waals surface area contributed by atoms with E-state index in [-0.39, 0.29) is 43.3 Å². The van der Waals surface area contributed by atoms with Crippen LogP contribution in [0.25, 0.3) is 11.3 Å². The quantitative estimate of drug-likeness (QED) is 0.417. The van der Waals surface area contributed by atoms with Gasteiger partial charge in [0.15, 0.2) is 17.3 Å². The lowest BCUT2D eigenvalue weighted by Crippen LogP contribution is -2.41. The number of carbonyl (C=O) groups is 1. The van der Waals surface area contributed by atoms with Crippen LogP contribution in [-0.4, -0.2) is 27.0 Å². The Morgan fingerprint density at radius 3 is 2.44 bits per heavy atom. The summed E-state index contributed by atoms with van der Waals surface area (Å²) in [6, 6.07) is 18.8. The molecule has 0 atom stereocenters. The number of hydrogen-bond donors (Lipinski definition) is 2. The van der Waals surface area contributed by atoms with Gasteiger partial charge in [0.2, 0.25) is 5.91 Å². The monoisotopic (exact) mass is 459 g/mol. The standard InChI is InChI=1S/C25H25N5O4/c1-2-29(21(31)14-13-20-27-15-19(34-20)18-11-7-4-8-12-18)22-23(26)30(25(33)28-24(22)32)16-17-9-5-3-6-10-17/h3-12,15H,2,13-14,16,26H2,1H3,(H,28,32,33).